The van der Waals surface area contributed by atoms with Gasteiger partial charge in [0.1, 0.15) is 0 Å². The quantitative estimate of drug-likeness (QED) is 0.514. The van der Waals surface area contributed by atoms with E-state index in [2.05, 4.69) is 9.85 Å². The van der Waals surface area contributed by atoms with Gasteiger partial charge in [-0.3, -0.25) is 0 Å². The predicted molar refractivity (Wildman–Crippen MR) is 18.6 cm³/mol. The summed E-state index contributed by atoms with van der Waals surface area (Å²) in [6.45, 7) is 1.93. The molecule has 0 fully saturated rings. The summed E-state index contributed by atoms with van der Waals surface area (Å²) in [5.74, 6) is 0. The normalized spacial score (nSPS) is 4.60. The van der Waals surface area contributed by atoms with Crippen molar-refractivity contribution in [1.29, 1.82) is 0 Å². The maximum atomic E-state index is 7.57. The molecule has 0 heterocycles. The predicted octanol–water partition coefficient (Wildman–Crippen LogP) is 0.686. The summed E-state index contributed by atoms with van der Waals surface area (Å²) in [6.07, 6.45) is 0. The summed E-state index contributed by atoms with van der Waals surface area (Å²) in [5.41, 5.74) is 0. The molecule has 0 aromatic carbocycles. The van der Waals surface area contributed by atoms with E-state index in [1.165, 1.54) is 0 Å². The Kier molecular flexibility index (Phi) is 39.2. The van der Waals surface area contributed by atoms with Crippen LogP contribution in [0.2, 0.25) is 0 Å². The van der Waals surface area contributed by atoms with E-state index in [1.54, 1.807) is 23.4 Å². The average molecular weight is 132 g/mol. The second kappa shape index (κ2) is 21.1. The Morgan fingerprint density at radius 3 is 1.80 bits per heavy atom. The van der Waals surface area contributed by atoms with Crippen molar-refractivity contribution in [2.45, 2.75) is 6.92 Å². The van der Waals surface area contributed by atoms with E-state index in [1.807, 2.05) is 0 Å². The van der Waals surface area contributed by atoms with Crippen LogP contribution >= 0.6 is 9.85 Å². The molecule has 3 heteroatoms. The molecule has 0 radical (unpaired) electrons. The van der Waals surface area contributed by atoms with E-state index in [0.29, 0.717) is 0 Å². The van der Waals surface area contributed by atoms with E-state index in [-0.39, 0.29) is 6.61 Å². The van der Waals surface area contributed by atoms with Gasteiger partial charge in [0.15, 0.2) is 0 Å². The molecule has 1 N–H and O–H groups in total. The zero-order chi connectivity index (χ0) is 4.71. The molecule has 0 bridgehead atoms. The fraction of sp³-hybridized carbons (Fsp3) is 1.00. The van der Waals surface area contributed by atoms with Gasteiger partial charge in [0.25, 0.3) is 0 Å². The van der Waals surface area contributed by atoms with Gasteiger partial charge in [-0.05, 0) is 6.92 Å². The van der Waals surface area contributed by atoms with Crippen molar-refractivity contribution in [2.75, 3.05) is 6.61 Å². The molecule has 0 atom stereocenters. The standard InChI is InChI=1S/C2H6O.ClH.V/c1-2-3;;/h3H,2H2,1H3;1H;/q;;+1/p-1. The summed E-state index contributed by atoms with van der Waals surface area (Å²) >= 11 is 1.78. The van der Waals surface area contributed by atoms with Crippen molar-refractivity contribution in [1.82, 2.24) is 0 Å². The van der Waals surface area contributed by atoms with E-state index < -0.39 is 0 Å². The molecule has 0 saturated heterocycles. The monoisotopic (exact) mass is 132 g/mol. The Hall–Kier alpha value is 0.834. The number of rotatable bonds is 0. The van der Waals surface area contributed by atoms with Gasteiger partial charge in [0, 0.05) is 6.61 Å². The number of aliphatic hydroxyl groups excluding tert-OH is 1. The first-order chi connectivity index (χ1) is 2.41. The molecule has 0 aliphatic heterocycles. The van der Waals surface area contributed by atoms with Gasteiger partial charge in [-0.15, -0.1) is 0 Å². The summed E-state index contributed by atoms with van der Waals surface area (Å²) in [5, 5.41) is 7.57. The molecule has 0 unspecified atom stereocenters. The van der Waals surface area contributed by atoms with Crippen LogP contribution in [0.5, 0.6) is 0 Å². The van der Waals surface area contributed by atoms with E-state index >= 15 is 0 Å². The van der Waals surface area contributed by atoms with Gasteiger partial charge in [-0.25, -0.2) is 0 Å². The second-order valence-corrected chi connectivity index (χ2v) is 0.316. The second-order valence-electron chi connectivity index (χ2n) is 0.316. The molecule has 0 amide bonds. The van der Waals surface area contributed by atoms with E-state index in [9.17, 15) is 0 Å². The summed E-state index contributed by atoms with van der Waals surface area (Å²) in [7, 11) is 4.58. The maximum absolute atomic E-state index is 7.57. The van der Waals surface area contributed by atoms with Crippen LogP contribution in [0.1, 0.15) is 6.92 Å². The van der Waals surface area contributed by atoms with Crippen LogP contribution in [0.3, 0.4) is 0 Å². The molecule has 0 saturated carbocycles. The van der Waals surface area contributed by atoms with Crippen LogP contribution in [-0.4, -0.2) is 11.7 Å². The summed E-state index contributed by atoms with van der Waals surface area (Å²) < 4.78 is 0. The van der Waals surface area contributed by atoms with E-state index in [4.69, 9.17) is 5.11 Å². The molecule has 1 nitrogen and oxygen atoms in total. The molecular formula is C2H6ClOV. The Morgan fingerprint density at radius 2 is 1.80 bits per heavy atom. The van der Waals surface area contributed by atoms with Gasteiger partial charge in [0.2, 0.25) is 0 Å². The topological polar surface area (TPSA) is 20.2 Å². The third-order valence-corrected chi connectivity index (χ3v) is 0. The van der Waals surface area contributed by atoms with Crippen molar-refractivity contribution in [2.24, 2.45) is 0 Å². The average Bonchev–Trinajstić information content (AvgIpc) is 1.46. The fourth-order valence-corrected chi connectivity index (χ4v) is 0. The Morgan fingerprint density at radius 1 is 1.80 bits per heavy atom. The van der Waals surface area contributed by atoms with Gasteiger partial charge in [0.05, 0.1) is 0 Å². The molecule has 0 rings (SSSR count). The first kappa shape index (κ1) is 9.27. The molecule has 0 spiro atoms. The number of hydrogen-bond donors (Lipinski definition) is 1. The van der Waals surface area contributed by atoms with Crippen LogP contribution in [0.4, 0.5) is 0 Å². The van der Waals surface area contributed by atoms with E-state index in [0.717, 1.165) is 0 Å². The fourth-order valence-electron chi connectivity index (χ4n) is 0. The Labute approximate surface area is 45.4 Å². The summed E-state index contributed by atoms with van der Waals surface area (Å²) in [6, 6.07) is 0. The minimum absolute atomic E-state index is 0.250. The van der Waals surface area contributed by atoms with Crippen molar-refractivity contribution in [3.63, 3.8) is 0 Å². The van der Waals surface area contributed by atoms with Gasteiger partial charge < -0.3 is 5.11 Å². The number of hydrogen-bond acceptors (Lipinski definition) is 1. The van der Waals surface area contributed by atoms with Crippen LogP contribution in [-0.2, 0) is 16.5 Å². The van der Waals surface area contributed by atoms with Crippen molar-refractivity contribution in [3.05, 3.63) is 0 Å². The van der Waals surface area contributed by atoms with Crippen molar-refractivity contribution >= 4 is 9.85 Å². The molecule has 0 aliphatic carbocycles. The molecule has 5 heavy (non-hydrogen) atoms. The molecule has 0 aliphatic rings. The molecule has 0 aromatic heterocycles. The number of aliphatic hydroxyl groups is 1. The Bertz CT molecular complexity index is 9.61. The summed E-state index contributed by atoms with van der Waals surface area (Å²) in [4.78, 5) is 0. The van der Waals surface area contributed by atoms with Crippen molar-refractivity contribution < 1.29 is 21.6 Å². The first-order valence-corrected chi connectivity index (χ1v) is 3.11. The Balaban J connectivity index is 0. The van der Waals surface area contributed by atoms with Gasteiger partial charge in [-0.1, -0.05) is 0 Å². The zero-order valence-corrected chi connectivity index (χ0v) is 5.13. The number of halogens is 1. The first-order valence-electron chi connectivity index (χ1n) is 1.19. The third kappa shape index (κ3) is 55.8. The van der Waals surface area contributed by atoms with Crippen LogP contribution in [0, 0.1) is 0 Å². The van der Waals surface area contributed by atoms with Gasteiger partial charge in [-0.2, -0.15) is 0 Å². The van der Waals surface area contributed by atoms with Crippen molar-refractivity contribution in [3.8, 4) is 0 Å². The molecule has 32 valence electrons. The zero-order valence-electron chi connectivity index (χ0n) is 2.98. The SMILES string of the molecule is CCO.[Cl][V]. The van der Waals surface area contributed by atoms with Gasteiger partial charge >= 0.3 is 26.3 Å². The van der Waals surface area contributed by atoms with Crippen LogP contribution in [0.25, 0.3) is 0 Å². The molecular weight excluding hydrogens is 126 g/mol. The third-order valence-electron chi connectivity index (χ3n) is 0. The van der Waals surface area contributed by atoms with Crippen LogP contribution < -0.4 is 0 Å². The van der Waals surface area contributed by atoms with Crippen LogP contribution in [0.15, 0.2) is 0 Å². The minimum atomic E-state index is 0.250. The molecule has 0 aromatic rings.